The van der Waals surface area contributed by atoms with Gasteiger partial charge < -0.3 is 0 Å². The van der Waals surface area contributed by atoms with Crippen molar-refractivity contribution in [2.24, 2.45) is 0 Å². The van der Waals surface area contributed by atoms with E-state index in [9.17, 15) is 22.0 Å². The van der Waals surface area contributed by atoms with Gasteiger partial charge in [-0.1, -0.05) is 0 Å². The highest BCUT2D eigenvalue weighted by atomic mass is 127. The van der Waals surface area contributed by atoms with Crippen LogP contribution in [-0.4, -0.2) is 4.98 Å². The van der Waals surface area contributed by atoms with Gasteiger partial charge in [0.15, 0.2) is 0 Å². The van der Waals surface area contributed by atoms with Crippen molar-refractivity contribution in [3.8, 4) is 0 Å². The summed E-state index contributed by atoms with van der Waals surface area (Å²) in [6.45, 7) is 1.38. The highest BCUT2D eigenvalue weighted by Gasteiger charge is 2.37. The molecular weight excluding hydrogens is 332 g/mol. The van der Waals surface area contributed by atoms with Gasteiger partial charge >= 0.3 is 6.18 Å². The smallest absolute Gasteiger partial charge is 0.260 e. The Labute approximate surface area is 95.8 Å². The highest BCUT2D eigenvalue weighted by molar-refractivity contribution is 14.1. The van der Waals surface area contributed by atoms with Crippen LogP contribution in [0.25, 0.3) is 0 Å². The molecule has 0 amide bonds. The van der Waals surface area contributed by atoms with Gasteiger partial charge in [0.1, 0.15) is 0 Å². The van der Waals surface area contributed by atoms with Gasteiger partial charge in [0, 0.05) is 15.3 Å². The molecule has 0 aliphatic rings. The summed E-state index contributed by atoms with van der Waals surface area (Å²) in [6, 6.07) is 0. The molecule has 0 saturated heterocycles. The second-order valence-corrected chi connectivity index (χ2v) is 3.86. The lowest BCUT2D eigenvalue weighted by Gasteiger charge is -2.14. The number of pyridine rings is 1. The van der Waals surface area contributed by atoms with Gasteiger partial charge in [-0.2, -0.15) is 13.2 Å². The zero-order chi connectivity index (χ0) is 11.8. The molecule has 0 atom stereocenters. The molecule has 1 rings (SSSR count). The molecule has 0 saturated carbocycles. The van der Waals surface area contributed by atoms with Crippen LogP contribution in [-0.2, 0) is 6.18 Å². The molecule has 0 spiro atoms. The number of aromatic nitrogens is 1. The molecule has 1 nitrogen and oxygen atoms in total. The maximum absolute atomic E-state index is 12.5. The van der Waals surface area contributed by atoms with E-state index in [2.05, 4.69) is 4.98 Å². The zero-order valence-corrected chi connectivity index (χ0v) is 9.53. The first-order valence-corrected chi connectivity index (χ1v) is 4.83. The fourth-order valence-electron chi connectivity index (χ4n) is 1.04. The molecule has 84 valence electrons. The van der Waals surface area contributed by atoms with E-state index in [0.29, 0.717) is 6.20 Å². The molecule has 7 heteroatoms. The normalized spacial score (nSPS) is 12.3. The Morgan fingerprint density at radius 2 is 1.87 bits per heavy atom. The van der Waals surface area contributed by atoms with Crippen LogP contribution in [0.15, 0.2) is 6.20 Å². The maximum atomic E-state index is 12.5. The van der Waals surface area contributed by atoms with E-state index in [0.717, 1.165) is 0 Å². The van der Waals surface area contributed by atoms with Crippen molar-refractivity contribution in [3.63, 3.8) is 0 Å². The standard InChI is InChI=1S/C8H5F5IN/c1-3-6(14)5(7(9)10)4(2-15-3)8(11,12)13/h2,7H,1H3. The summed E-state index contributed by atoms with van der Waals surface area (Å²) in [4.78, 5) is 3.43. The summed E-state index contributed by atoms with van der Waals surface area (Å²) in [5.41, 5.74) is -2.19. The van der Waals surface area contributed by atoms with Gasteiger partial charge in [0.05, 0.1) is 11.3 Å². The number of alkyl halides is 5. The van der Waals surface area contributed by atoms with E-state index in [1.54, 1.807) is 0 Å². The fourth-order valence-corrected chi connectivity index (χ4v) is 1.71. The molecule has 0 N–H and O–H groups in total. The van der Waals surface area contributed by atoms with Crippen molar-refractivity contribution in [2.75, 3.05) is 0 Å². The lowest BCUT2D eigenvalue weighted by atomic mass is 10.1. The summed E-state index contributed by atoms with van der Waals surface area (Å²) in [6.07, 6.45) is -7.51. The van der Waals surface area contributed by atoms with Gasteiger partial charge in [-0.25, -0.2) is 8.78 Å². The molecule has 0 radical (unpaired) electrons. The number of halogens is 6. The average molecular weight is 337 g/mol. The van der Waals surface area contributed by atoms with Crippen molar-refractivity contribution >= 4 is 22.6 Å². The number of hydrogen-bond donors (Lipinski definition) is 0. The third kappa shape index (κ3) is 2.56. The minimum atomic E-state index is -4.80. The van der Waals surface area contributed by atoms with E-state index in [-0.39, 0.29) is 9.26 Å². The Morgan fingerprint density at radius 1 is 1.33 bits per heavy atom. The van der Waals surface area contributed by atoms with Crippen LogP contribution in [0.2, 0.25) is 0 Å². The predicted octanol–water partition coefficient (Wildman–Crippen LogP) is 3.95. The van der Waals surface area contributed by atoms with Crippen LogP contribution >= 0.6 is 22.6 Å². The number of rotatable bonds is 1. The Bertz CT molecular complexity index is 374. The van der Waals surface area contributed by atoms with E-state index < -0.39 is 23.7 Å². The molecular formula is C8H5F5IN. The van der Waals surface area contributed by atoms with Crippen LogP contribution in [0.5, 0.6) is 0 Å². The fraction of sp³-hybridized carbons (Fsp3) is 0.375. The summed E-state index contributed by atoms with van der Waals surface area (Å²) >= 11 is 1.44. The molecule has 1 aromatic rings. The van der Waals surface area contributed by atoms with Crippen LogP contribution in [0.1, 0.15) is 23.2 Å². The molecule has 0 aromatic carbocycles. The Hall–Kier alpha value is -0.470. The van der Waals surface area contributed by atoms with Crippen molar-refractivity contribution in [2.45, 2.75) is 19.5 Å². The van der Waals surface area contributed by atoms with E-state index >= 15 is 0 Å². The molecule has 1 heterocycles. The summed E-state index contributed by atoms with van der Waals surface area (Å²) in [5, 5.41) is 0. The predicted molar refractivity (Wildman–Crippen MR) is 51.7 cm³/mol. The minimum Gasteiger partial charge on any atom is -0.260 e. The van der Waals surface area contributed by atoms with Crippen molar-refractivity contribution in [1.82, 2.24) is 4.98 Å². The first-order valence-electron chi connectivity index (χ1n) is 3.75. The van der Waals surface area contributed by atoms with Gasteiger partial charge in [-0.15, -0.1) is 0 Å². The third-order valence-corrected chi connectivity index (χ3v) is 3.12. The number of aryl methyl sites for hydroxylation is 1. The summed E-state index contributed by atoms with van der Waals surface area (Å²) in [7, 11) is 0. The van der Waals surface area contributed by atoms with Crippen LogP contribution in [0.4, 0.5) is 22.0 Å². The molecule has 0 aliphatic carbocycles. The number of nitrogens with zero attached hydrogens (tertiary/aromatic N) is 1. The monoisotopic (exact) mass is 337 g/mol. The van der Waals surface area contributed by atoms with Gasteiger partial charge in [0.25, 0.3) is 6.43 Å². The van der Waals surface area contributed by atoms with Crippen LogP contribution in [0.3, 0.4) is 0 Å². The van der Waals surface area contributed by atoms with E-state index in [1.165, 1.54) is 29.5 Å². The van der Waals surface area contributed by atoms with Crippen molar-refractivity contribution < 1.29 is 22.0 Å². The van der Waals surface area contributed by atoms with E-state index in [4.69, 9.17) is 0 Å². The van der Waals surface area contributed by atoms with Crippen molar-refractivity contribution in [1.29, 1.82) is 0 Å². The average Bonchev–Trinajstić information content (AvgIpc) is 2.06. The first-order chi connectivity index (χ1) is 6.75. The number of hydrogen-bond acceptors (Lipinski definition) is 1. The maximum Gasteiger partial charge on any atom is 0.418 e. The van der Waals surface area contributed by atoms with Crippen LogP contribution < -0.4 is 0 Å². The van der Waals surface area contributed by atoms with Gasteiger partial charge in [-0.3, -0.25) is 4.98 Å². The molecule has 1 aromatic heterocycles. The van der Waals surface area contributed by atoms with Crippen molar-refractivity contribution in [3.05, 3.63) is 26.6 Å². The third-order valence-electron chi connectivity index (χ3n) is 1.76. The van der Waals surface area contributed by atoms with Gasteiger partial charge in [-0.05, 0) is 29.5 Å². The Morgan fingerprint density at radius 3 is 2.27 bits per heavy atom. The lowest BCUT2D eigenvalue weighted by molar-refractivity contribution is -0.139. The second-order valence-electron chi connectivity index (χ2n) is 2.78. The molecule has 15 heavy (non-hydrogen) atoms. The zero-order valence-electron chi connectivity index (χ0n) is 7.37. The van der Waals surface area contributed by atoms with E-state index in [1.807, 2.05) is 0 Å². The second kappa shape index (κ2) is 4.18. The Kier molecular flexibility index (Phi) is 3.51. The molecule has 0 bridgehead atoms. The SMILES string of the molecule is Cc1ncc(C(F)(F)F)c(C(F)F)c1I. The topological polar surface area (TPSA) is 12.9 Å². The molecule has 0 fully saturated rings. The largest absolute Gasteiger partial charge is 0.418 e. The van der Waals surface area contributed by atoms with Gasteiger partial charge in [0.2, 0.25) is 0 Å². The minimum absolute atomic E-state index is 0.141. The summed E-state index contributed by atoms with van der Waals surface area (Å²) in [5.74, 6) is 0. The molecule has 0 aliphatic heterocycles. The summed E-state index contributed by atoms with van der Waals surface area (Å²) < 4.78 is 61.8. The first kappa shape index (κ1) is 12.6. The Balaban J connectivity index is 3.47. The molecule has 0 unspecified atom stereocenters. The quantitative estimate of drug-likeness (QED) is 0.559. The van der Waals surface area contributed by atoms with Crippen LogP contribution in [0, 0.1) is 10.5 Å². The lowest BCUT2D eigenvalue weighted by Crippen LogP contribution is -2.13. The highest BCUT2D eigenvalue weighted by Crippen LogP contribution is 2.38.